The van der Waals surface area contributed by atoms with Gasteiger partial charge < -0.3 is 5.32 Å². The van der Waals surface area contributed by atoms with Crippen LogP contribution in [0.1, 0.15) is 37.8 Å². The number of halogens is 1. The largest absolute Gasteiger partial charge is 0.307 e. The summed E-state index contributed by atoms with van der Waals surface area (Å²) in [6.07, 6.45) is 4.09. The quantitative estimate of drug-likeness (QED) is 0.868. The molecule has 1 saturated carbocycles. The third kappa shape index (κ3) is 2.37. The maximum Gasteiger partial charge on any atom is 0.0294 e. The second-order valence-corrected chi connectivity index (χ2v) is 4.98. The average molecular weight is 254 g/mol. The minimum atomic E-state index is 0.480. The fraction of sp³-hybridized carbons (Fsp3) is 0.500. The Morgan fingerprint density at radius 2 is 1.93 bits per heavy atom. The van der Waals surface area contributed by atoms with Gasteiger partial charge in [0.05, 0.1) is 0 Å². The first-order valence-electron chi connectivity index (χ1n) is 5.27. The first-order valence-corrected chi connectivity index (χ1v) is 6.06. The standard InChI is InChI=1S/C12H16BrN/c1-9(14-12-3-2-4-12)10-5-7-11(13)8-6-10/h5-9,12,14H,2-4H2,1H3. The number of benzene rings is 1. The van der Waals surface area contributed by atoms with E-state index in [1.54, 1.807) is 0 Å². The smallest absolute Gasteiger partial charge is 0.0294 e. The molecule has 0 spiro atoms. The predicted molar refractivity (Wildman–Crippen MR) is 63.3 cm³/mol. The topological polar surface area (TPSA) is 12.0 Å². The van der Waals surface area contributed by atoms with Crippen molar-refractivity contribution in [1.29, 1.82) is 0 Å². The van der Waals surface area contributed by atoms with E-state index in [9.17, 15) is 0 Å². The SMILES string of the molecule is CC(NC1CCC1)c1ccc(Br)cc1. The van der Waals surface area contributed by atoms with E-state index < -0.39 is 0 Å². The van der Waals surface area contributed by atoms with Crippen molar-refractivity contribution in [2.75, 3.05) is 0 Å². The molecule has 1 unspecified atom stereocenters. The van der Waals surface area contributed by atoms with E-state index in [1.807, 2.05) is 0 Å². The maximum atomic E-state index is 3.64. The molecule has 1 aromatic rings. The average Bonchev–Trinajstić information content (AvgIpc) is 2.12. The van der Waals surface area contributed by atoms with Gasteiger partial charge in [-0.15, -0.1) is 0 Å². The van der Waals surface area contributed by atoms with Gasteiger partial charge in [-0.1, -0.05) is 34.5 Å². The lowest BCUT2D eigenvalue weighted by Gasteiger charge is -2.30. The summed E-state index contributed by atoms with van der Waals surface area (Å²) < 4.78 is 1.15. The zero-order valence-corrected chi connectivity index (χ0v) is 10.0. The molecule has 0 amide bonds. The Morgan fingerprint density at radius 3 is 2.43 bits per heavy atom. The molecule has 1 nitrogen and oxygen atoms in total. The normalized spacial score (nSPS) is 19.0. The van der Waals surface area contributed by atoms with Gasteiger partial charge in [0.1, 0.15) is 0 Å². The Kier molecular flexibility index (Phi) is 3.24. The number of nitrogens with one attached hydrogen (secondary N) is 1. The van der Waals surface area contributed by atoms with E-state index in [0.717, 1.165) is 10.5 Å². The van der Waals surface area contributed by atoms with Crippen molar-refractivity contribution >= 4 is 15.9 Å². The van der Waals surface area contributed by atoms with Crippen LogP contribution in [0.4, 0.5) is 0 Å². The van der Waals surface area contributed by atoms with Crippen LogP contribution in [-0.4, -0.2) is 6.04 Å². The molecule has 2 heteroatoms. The number of hydrogen-bond acceptors (Lipinski definition) is 1. The van der Waals surface area contributed by atoms with Crippen LogP contribution in [0.3, 0.4) is 0 Å². The van der Waals surface area contributed by atoms with Crippen LogP contribution in [-0.2, 0) is 0 Å². The van der Waals surface area contributed by atoms with E-state index in [-0.39, 0.29) is 0 Å². The van der Waals surface area contributed by atoms with Crippen molar-refractivity contribution in [3.05, 3.63) is 34.3 Å². The number of hydrogen-bond donors (Lipinski definition) is 1. The molecule has 0 bridgehead atoms. The number of rotatable bonds is 3. The first kappa shape index (κ1) is 10.2. The molecule has 0 heterocycles. The molecular weight excluding hydrogens is 238 g/mol. The van der Waals surface area contributed by atoms with Gasteiger partial charge in [0.2, 0.25) is 0 Å². The van der Waals surface area contributed by atoms with Crippen LogP contribution in [0.2, 0.25) is 0 Å². The summed E-state index contributed by atoms with van der Waals surface area (Å²) in [5, 5.41) is 3.64. The molecule has 1 aliphatic rings. The highest BCUT2D eigenvalue weighted by Gasteiger charge is 2.19. The molecule has 0 saturated heterocycles. The molecule has 2 rings (SSSR count). The Hall–Kier alpha value is -0.340. The lowest BCUT2D eigenvalue weighted by Crippen LogP contribution is -2.36. The summed E-state index contributed by atoms with van der Waals surface area (Å²) in [5.41, 5.74) is 1.38. The van der Waals surface area contributed by atoms with Crippen molar-refractivity contribution in [2.45, 2.75) is 38.3 Å². The third-order valence-corrected chi connectivity index (χ3v) is 3.49. The minimum absolute atomic E-state index is 0.480. The Morgan fingerprint density at radius 1 is 1.29 bits per heavy atom. The van der Waals surface area contributed by atoms with E-state index in [2.05, 4.69) is 52.4 Å². The second kappa shape index (κ2) is 4.45. The molecule has 1 N–H and O–H groups in total. The van der Waals surface area contributed by atoms with Gasteiger partial charge >= 0.3 is 0 Å². The highest BCUT2D eigenvalue weighted by Crippen LogP contribution is 2.23. The zero-order valence-electron chi connectivity index (χ0n) is 8.46. The summed E-state index contributed by atoms with van der Waals surface area (Å²) in [7, 11) is 0. The Bertz CT molecular complexity index is 290. The van der Waals surface area contributed by atoms with Crippen molar-refractivity contribution in [1.82, 2.24) is 5.32 Å². The molecule has 0 radical (unpaired) electrons. The van der Waals surface area contributed by atoms with Crippen molar-refractivity contribution in [3.63, 3.8) is 0 Å². The summed E-state index contributed by atoms with van der Waals surface area (Å²) in [4.78, 5) is 0. The second-order valence-electron chi connectivity index (χ2n) is 4.07. The fourth-order valence-corrected chi connectivity index (χ4v) is 2.04. The highest BCUT2D eigenvalue weighted by atomic mass is 79.9. The van der Waals surface area contributed by atoms with Gasteiger partial charge in [0.25, 0.3) is 0 Å². The van der Waals surface area contributed by atoms with Gasteiger partial charge in [-0.2, -0.15) is 0 Å². The van der Waals surface area contributed by atoms with Gasteiger partial charge in [-0.05, 0) is 37.5 Å². The summed E-state index contributed by atoms with van der Waals surface area (Å²) in [5.74, 6) is 0. The first-order chi connectivity index (χ1) is 6.75. The van der Waals surface area contributed by atoms with E-state index in [4.69, 9.17) is 0 Å². The van der Waals surface area contributed by atoms with Crippen LogP contribution in [0.25, 0.3) is 0 Å². The van der Waals surface area contributed by atoms with Gasteiger partial charge in [-0.25, -0.2) is 0 Å². The molecule has 14 heavy (non-hydrogen) atoms. The monoisotopic (exact) mass is 253 g/mol. The Balaban J connectivity index is 1.95. The minimum Gasteiger partial charge on any atom is -0.307 e. The lowest BCUT2D eigenvalue weighted by molar-refractivity contribution is 0.313. The van der Waals surface area contributed by atoms with Crippen molar-refractivity contribution in [2.24, 2.45) is 0 Å². The molecule has 0 aromatic heterocycles. The molecular formula is C12H16BrN. The van der Waals surface area contributed by atoms with Crippen molar-refractivity contribution in [3.8, 4) is 0 Å². The third-order valence-electron chi connectivity index (χ3n) is 2.96. The zero-order chi connectivity index (χ0) is 9.97. The molecule has 1 fully saturated rings. The van der Waals surface area contributed by atoms with E-state index in [0.29, 0.717) is 6.04 Å². The molecule has 1 atom stereocenters. The predicted octanol–water partition coefficient (Wildman–Crippen LogP) is 3.65. The molecule has 1 aliphatic carbocycles. The van der Waals surface area contributed by atoms with Crippen LogP contribution < -0.4 is 5.32 Å². The molecule has 76 valence electrons. The van der Waals surface area contributed by atoms with Gasteiger partial charge in [0.15, 0.2) is 0 Å². The summed E-state index contributed by atoms with van der Waals surface area (Å²) in [6.45, 7) is 2.24. The summed E-state index contributed by atoms with van der Waals surface area (Å²) >= 11 is 3.45. The summed E-state index contributed by atoms with van der Waals surface area (Å²) in [6, 6.07) is 9.81. The van der Waals surface area contributed by atoms with Crippen LogP contribution in [0, 0.1) is 0 Å². The van der Waals surface area contributed by atoms with Crippen molar-refractivity contribution < 1.29 is 0 Å². The van der Waals surface area contributed by atoms with E-state index >= 15 is 0 Å². The van der Waals surface area contributed by atoms with Crippen LogP contribution in [0.5, 0.6) is 0 Å². The highest BCUT2D eigenvalue weighted by molar-refractivity contribution is 9.10. The Labute approximate surface area is 94.0 Å². The lowest BCUT2D eigenvalue weighted by atomic mass is 9.92. The van der Waals surface area contributed by atoms with Gasteiger partial charge in [-0.3, -0.25) is 0 Å². The van der Waals surface area contributed by atoms with Gasteiger partial charge in [0, 0.05) is 16.6 Å². The molecule has 1 aromatic carbocycles. The van der Waals surface area contributed by atoms with Crippen LogP contribution >= 0.6 is 15.9 Å². The maximum absolute atomic E-state index is 3.64. The fourth-order valence-electron chi connectivity index (χ4n) is 1.78. The van der Waals surface area contributed by atoms with E-state index in [1.165, 1.54) is 24.8 Å². The van der Waals surface area contributed by atoms with Crippen LogP contribution in [0.15, 0.2) is 28.7 Å². The molecule has 0 aliphatic heterocycles.